The van der Waals surface area contributed by atoms with Crippen molar-refractivity contribution >= 4 is 5.82 Å². The van der Waals surface area contributed by atoms with E-state index in [2.05, 4.69) is 15.1 Å². The molecule has 1 unspecified atom stereocenters. The third kappa shape index (κ3) is 2.21. The van der Waals surface area contributed by atoms with Crippen LogP contribution in [0.1, 0.15) is 12.0 Å². The Labute approximate surface area is 111 Å². The first-order valence-corrected chi connectivity index (χ1v) is 6.46. The van der Waals surface area contributed by atoms with Crippen LogP contribution in [-0.2, 0) is 0 Å². The Bertz CT molecular complexity index is 576. The first-order valence-electron chi connectivity index (χ1n) is 6.46. The van der Waals surface area contributed by atoms with Crippen molar-refractivity contribution in [2.24, 2.45) is 5.73 Å². The van der Waals surface area contributed by atoms with Gasteiger partial charge >= 0.3 is 0 Å². The van der Waals surface area contributed by atoms with E-state index < -0.39 is 0 Å². The zero-order valence-corrected chi connectivity index (χ0v) is 10.9. The minimum absolute atomic E-state index is 0.227. The summed E-state index contributed by atoms with van der Waals surface area (Å²) in [5.41, 5.74) is 8.90. The number of hydrogen-bond acceptors (Lipinski definition) is 3. The van der Waals surface area contributed by atoms with E-state index in [1.54, 1.807) is 12.1 Å². The molecular weight excluding hydrogens is 243 g/mol. The van der Waals surface area contributed by atoms with Crippen LogP contribution in [0.4, 0.5) is 10.2 Å². The van der Waals surface area contributed by atoms with Gasteiger partial charge in [-0.15, -0.1) is 0 Å². The Morgan fingerprint density at radius 1 is 1.37 bits per heavy atom. The molecule has 0 saturated carbocycles. The number of H-pyrrole nitrogens is 1. The summed E-state index contributed by atoms with van der Waals surface area (Å²) in [6.07, 6.45) is 0.998. The number of anilines is 1. The van der Waals surface area contributed by atoms with E-state index >= 15 is 0 Å². The molecule has 1 aromatic heterocycles. The molecule has 1 fully saturated rings. The van der Waals surface area contributed by atoms with Crippen LogP contribution in [0.25, 0.3) is 11.3 Å². The summed E-state index contributed by atoms with van der Waals surface area (Å²) in [6, 6.07) is 6.66. The number of benzene rings is 1. The molecule has 100 valence electrons. The maximum absolute atomic E-state index is 12.9. The Balaban J connectivity index is 1.92. The van der Waals surface area contributed by atoms with E-state index in [1.165, 1.54) is 12.1 Å². The van der Waals surface area contributed by atoms with E-state index in [0.717, 1.165) is 42.1 Å². The lowest BCUT2D eigenvalue weighted by molar-refractivity contribution is 0.628. The molecule has 19 heavy (non-hydrogen) atoms. The van der Waals surface area contributed by atoms with Crippen LogP contribution in [-0.4, -0.2) is 29.3 Å². The number of rotatable bonds is 2. The smallest absolute Gasteiger partial charge is 0.153 e. The van der Waals surface area contributed by atoms with Gasteiger partial charge in [0.1, 0.15) is 5.82 Å². The summed E-state index contributed by atoms with van der Waals surface area (Å²) >= 11 is 0. The Kier molecular flexibility index (Phi) is 2.98. The highest BCUT2D eigenvalue weighted by molar-refractivity contribution is 5.69. The molecule has 3 N–H and O–H groups in total. The summed E-state index contributed by atoms with van der Waals surface area (Å²) in [5.74, 6) is 0.721. The van der Waals surface area contributed by atoms with Crippen LogP contribution in [0.15, 0.2) is 24.3 Å². The minimum atomic E-state index is -0.230. The summed E-state index contributed by atoms with van der Waals surface area (Å²) in [5, 5.41) is 7.43. The summed E-state index contributed by atoms with van der Waals surface area (Å²) in [4.78, 5) is 2.20. The van der Waals surface area contributed by atoms with Crippen molar-refractivity contribution in [1.82, 2.24) is 10.2 Å². The van der Waals surface area contributed by atoms with Crippen molar-refractivity contribution in [2.75, 3.05) is 18.0 Å². The van der Waals surface area contributed by atoms with Gasteiger partial charge < -0.3 is 10.6 Å². The monoisotopic (exact) mass is 260 g/mol. The van der Waals surface area contributed by atoms with Crippen molar-refractivity contribution < 1.29 is 4.39 Å². The molecule has 0 bridgehead atoms. The van der Waals surface area contributed by atoms with Crippen molar-refractivity contribution in [3.63, 3.8) is 0 Å². The molecule has 1 atom stereocenters. The molecule has 0 amide bonds. The van der Waals surface area contributed by atoms with Gasteiger partial charge in [0.05, 0.1) is 5.69 Å². The fourth-order valence-corrected chi connectivity index (χ4v) is 2.57. The van der Waals surface area contributed by atoms with Crippen molar-refractivity contribution in [2.45, 2.75) is 19.4 Å². The number of aromatic nitrogens is 2. The van der Waals surface area contributed by atoms with Gasteiger partial charge in [-0.2, -0.15) is 5.10 Å². The van der Waals surface area contributed by atoms with E-state index in [-0.39, 0.29) is 11.9 Å². The maximum Gasteiger partial charge on any atom is 0.153 e. The zero-order valence-electron chi connectivity index (χ0n) is 10.9. The maximum atomic E-state index is 12.9. The molecule has 0 radical (unpaired) electrons. The Hall–Kier alpha value is -1.88. The second-order valence-corrected chi connectivity index (χ2v) is 5.05. The molecule has 3 rings (SSSR count). The molecule has 1 aromatic carbocycles. The van der Waals surface area contributed by atoms with Crippen molar-refractivity contribution in [3.05, 3.63) is 35.6 Å². The highest BCUT2D eigenvalue weighted by Gasteiger charge is 2.23. The molecule has 0 spiro atoms. The topological polar surface area (TPSA) is 57.9 Å². The zero-order chi connectivity index (χ0) is 13.4. The first kappa shape index (κ1) is 12.2. The molecule has 1 aliphatic heterocycles. The third-order valence-corrected chi connectivity index (χ3v) is 3.64. The molecule has 4 nitrogen and oxygen atoms in total. The quantitative estimate of drug-likeness (QED) is 0.869. The number of hydrogen-bond donors (Lipinski definition) is 2. The van der Waals surface area contributed by atoms with Gasteiger partial charge in [0, 0.05) is 30.3 Å². The van der Waals surface area contributed by atoms with Gasteiger partial charge in [-0.3, -0.25) is 5.10 Å². The van der Waals surface area contributed by atoms with E-state index in [9.17, 15) is 4.39 Å². The molecule has 0 aliphatic carbocycles. The predicted molar refractivity (Wildman–Crippen MR) is 73.5 cm³/mol. The van der Waals surface area contributed by atoms with Crippen LogP contribution in [0, 0.1) is 12.7 Å². The number of nitrogens with zero attached hydrogens (tertiary/aromatic N) is 2. The van der Waals surface area contributed by atoms with Gasteiger partial charge in [0.2, 0.25) is 0 Å². The summed E-state index contributed by atoms with van der Waals surface area (Å²) in [6.45, 7) is 3.81. The number of nitrogens with one attached hydrogen (secondary N) is 1. The fraction of sp³-hybridized carbons (Fsp3) is 0.357. The van der Waals surface area contributed by atoms with Gasteiger partial charge in [-0.25, -0.2) is 4.39 Å². The summed E-state index contributed by atoms with van der Waals surface area (Å²) in [7, 11) is 0. The fourth-order valence-electron chi connectivity index (χ4n) is 2.57. The minimum Gasteiger partial charge on any atom is -0.353 e. The number of nitrogens with two attached hydrogens (primary N) is 1. The molecule has 2 aromatic rings. The lowest BCUT2D eigenvalue weighted by atomic mass is 10.1. The first-order chi connectivity index (χ1) is 9.15. The van der Waals surface area contributed by atoms with Crippen LogP contribution in [0.2, 0.25) is 0 Å². The number of halogens is 1. The van der Waals surface area contributed by atoms with E-state index in [1.807, 2.05) is 6.92 Å². The lowest BCUT2D eigenvalue weighted by Gasteiger charge is -2.15. The van der Waals surface area contributed by atoms with E-state index in [4.69, 9.17) is 5.73 Å². The Morgan fingerprint density at radius 2 is 2.11 bits per heavy atom. The molecule has 1 aliphatic rings. The van der Waals surface area contributed by atoms with Crippen molar-refractivity contribution in [3.8, 4) is 11.3 Å². The predicted octanol–water partition coefficient (Wildman–Crippen LogP) is 2.06. The van der Waals surface area contributed by atoms with Gasteiger partial charge in [-0.05, 0) is 37.6 Å². The van der Waals surface area contributed by atoms with E-state index in [0.29, 0.717) is 0 Å². The highest BCUT2D eigenvalue weighted by Crippen LogP contribution is 2.29. The summed E-state index contributed by atoms with van der Waals surface area (Å²) < 4.78 is 12.9. The molecule has 2 heterocycles. The van der Waals surface area contributed by atoms with Gasteiger partial charge in [0.15, 0.2) is 5.82 Å². The normalized spacial score (nSPS) is 19.1. The largest absolute Gasteiger partial charge is 0.353 e. The van der Waals surface area contributed by atoms with Crippen LogP contribution in [0.5, 0.6) is 0 Å². The van der Waals surface area contributed by atoms with Crippen molar-refractivity contribution in [1.29, 1.82) is 0 Å². The average molecular weight is 260 g/mol. The molecule has 5 heteroatoms. The van der Waals surface area contributed by atoms with Gasteiger partial charge in [0.25, 0.3) is 0 Å². The Morgan fingerprint density at radius 3 is 2.74 bits per heavy atom. The molecular formula is C14H17FN4. The molecule has 1 saturated heterocycles. The number of aromatic amines is 1. The van der Waals surface area contributed by atoms with Crippen LogP contribution >= 0.6 is 0 Å². The SMILES string of the molecule is Cc1c(N2CCC(N)C2)n[nH]c1-c1ccc(F)cc1. The second-order valence-electron chi connectivity index (χ2n) is 5.05. The second kappa shape index (κ2) is 4.66. The van der Waals surface area contributed by atoms with Crippen LogP contribution in [0.3, 0.4) is 0 Å². The highest BCUT2D eigenvalue weighted by atomic mass is 19.1. The third-order valence-electron chi connectivity index (χ3n) is 3.64. The van der Waals surface area contributed by atoms with Crippen LogP contribution < -0.4 is 10.6 Å². The lowest BCUT2D eigenvalue weighted by Crippen LogP contribution is -2.26. The standard InChI is InChI=1S/C14H17FN4/c1-9-13(10-2-4-11(15)5-3-10)17-18-14(9)19-7-6-12(16)8-19/h2-5,12H,6-8,16H2,1H3,(H,17,18). The van der Waals surface area contributed by atoms with Gasteiger partial charge in [-0.1, -0.05) is 0 Å². The average Bonchev–Trinajstić information content (AvgIpc) is 2.97.